The molecule has 0 bridgehead atoms. The minimum absolute atomic E-state index is 0.00111. The third-order valence-corrected chi connectivity index (χ3v) is 8.88. The average Bonchev–Trinajstić information content (AvgIpc) is 2.68. The summed E-state index contributed by atoms with van der Waals surface area (Å²) in [7, 11) is -7.43. The van der Waals surface area contributed by atoms with E-state index in [1.165, 1.54) is 36.9 Å². The van der Waals surface area contributed by atoms with Gasteiger partial charge in [-0.2, -0.15) is 0 Å². The first kappa shape index (κ1) is 21.6. The Labute approximate surface area is 173 Å². The van der Waals surface area contributed by atoms with Gasteiger partial charge in [-0.15, -0.1) is 0 Å². The van der Waals surface area contributed by atoms with Crippen molar-refractivity contribution in [2.45, 2.75) is 54.6 Å². The largest absolute Gasteiger partial charge is 0.370 e. The van der Waals surface area contributed by atoms with Crippen LogP contribution in [0.4, 0.5) is 11.4 Å². The van der Waals surface area contributed by atoms with Crippen molar-refractivity contribution in [2.75, 3.05) is 22.7 Å². The van der Waals surface area contributed by atoms with Crippen molar-refractivity contribution >= 4 is 31.2 Å². The van der Waals surface area contributed by atoms with Gasteiger partial charge in [0.15, 0.2) is 9.84 Å². The molecule has 2 aromatic rings. The summed E-state index contributed by atoms with van der Waals surface area (Å²) in [6.07, 6.45) is 6.46. The van der Waals surface area contributed by atoms with Gasteiger partial charge < -0.3 is 4.90 Å². The number of aromatic nitrogens is 1. The van der Waals surface area contributed by atoms with Crippen LogP contribution in [0.1, 0.15) is 40.0 Å². The predicted molar refractivity (Wildman–Crippen MR) is 114 cm³/mol. The van der Waals surface area contributed by atoms with Crippen LogP contribution in [0.3, 0.4) is 0 Å². The minimum Gasteiger partial charge on any atom is -0.370 e. The molecule has 1 fully saturated rings. The predicted octanol–water partition coefficient (Wildman–Crippen LogP) is 3.44. The van der Waals surface area contributed by atoms with Crippen molar-refractivity contribution < 1.29 is 16.8 Å². The first-order chi connectivity index (χ1) is 13.5. The van der Waals surface area contributed by atoms with Gasteiger partial charge in [0, 0.05) is 19.3 Å². The van der Waals surface area contributed by atoms with E-state index in [-0.39, 0.29) is 9.79 Å². The highest BCUT2D eigenvalue weighted by atomic mass is 32.2. The number of hydrogen-bond donors (Lipinski definition) is 1. The van der Waals surface area contributed by atoms with Crippen LogP contribution in [0.25, 0.3) is 0 Å². The van der Waals surface area contributed by atoms with Gasteiger partial charge in [0.1, 0.15) is 0 Å². The summed E-state index contributed by atoms with van der Waals surface area (Å²) in [5.41, 5.74) is 1.22. The second-order valence-electron chi connectivity index (χ2n) is 8.13. The molecule has 0 unspecified atom stereocenters. The monoisotopic (exact) mass is 437 g/mol. The summed E-state index contributed by atoms with van der Waals surface area (Å²) in [6, 6.07) is 7.12. The van der Waals surface area contributed by atoms with E-state index < -0.39 is 24.6 Å². The van der Waals surface area contributed by atoms with Crippen LogP contribution in [0.2, 0.25) is 0 Å². The molecule has 1 N–H and O–H groups in total. The van der Waals surface area contributed by atoms with Gasteiger partial charge in [0.25, 0.3) is 10.0 Å². The SMILES string of the molecule is CC(C)(C)S(=O)(=O)c1ccc(S(=O)(=O)Nc2cnccc2N2CCCCC2)cc1. The van der Waals surface area contributed by atoms with E-state index in [1.807, 2.05) is 6.07 Å². The number of pyridine rings is 1. The van der Waals surface area contributed by atoms with Crippen molar-refractivity contribution in [3.8, 4) is 0 Å². The number of piperidine rings is 1. The Morgan fingerprint density at radius 2 is 1.48 bits per heavy atom. The Bertz CT molecular complexity index is 1070. The fourth-order valence-corrected chi connectivity index (χ4v) is 5.49. The number of benzene rings is 1. The molecule has 29 heavy (non-hydrogen) atoms. The number of rotatable bonds is 5. The molecular formula is C20H27N3O4S2. The topological polar surface area (TPSA) is 96.4 Å². The van der Waals surface area contributed by atoms with Crippen LogP contribution >= 0.6 is 0 Å². The summed E-state index contributed by atoms with van der Waals surface area (Å²) in [5, 5.41) is 0. The first-order valence-electron chi connectivity index (χ1n) is 9.59. The van der Waals surface area contributed by atoms with Crippen molar-refractivity contribution in [3.05, 3.63) is 42.7 Å². The minimum atomic E-state index is -3.88. The van der Waals surface area contributed by atoms with Gasteiger partial charge in [0.05, 0.1) is 32.1 Å². The Morgan fingerprint density at radius 1 is 0.897 bits per heavy atom. The van der Waals surface area contributed by atoms with Crippen molar-refractivity contribution in [1.29, 1.82) is 0 Å². The van der Waals surface area contributed by atoms with E-state index in [2.05, 4.69) is 14.6 Å². The lowest BCUT2D eigenvalue weighted by atomic mass is 10.1. The molecule has 1 aliphatic heterocycles. The lowest BCUT2D eigenvalue weighted by Crippen LogP contribution is -2.30. The van der Waals surface area contributed by atoms with Crippen molar-refractivity contribution in [3.63, 3.8) is 0 Å². The average molecular weight is 438 g/mol. The Kier molecular flexibility index (Phi) is 5.91. The molecule has 0 spiro atoms. The summed E-state index contributed by atoms with van der Waals surface area (Å²) in [5.74, 6) is 0. The lowest BCUT2D eigenvalue weighted by molar-refractivity contribution is 0.560. The second kappa shape index (κ2) is 7.95. The van der Waals surface area contributed by atoms with E-state index in [0.29, 0.717) is 5.69 Å². The molecule has 7 nitrogen and oxygen atoms in total. The van der Waals surface area contributed by atoms with Crippen molar-refractivity contribution in [1.82, 2.24) is 4.98 Å². The number of sulfone groups is 1. The molecule has 1 saturated heterocycles. The van der Waals surface area contributed by atoms with E-state index in [0.717, 1.165) is 31.6 Å². The molecule has 158 valence electrons. The maximum Gasteiger partial charge on any atom is 0.262 e. The molecule has 0 saturated carbocycles. The van der Waals surface area contributed by atoms with Gasteiger partial charge in [0.2, 0.25) is 0 Å². The number of sulfonamides is 1. The standard InChI is InChI=1S/C20H27N3O4S2/c1-20(2,3)28(24,25)16-7-9-17(10-8-16)29(26,27)22-18-15-21-12-11-19(18)23-13-5-4-6-14-23/h7-12,15,22H,4-6,13-14H2,1-3H3. The molecular weight excluding hydrogens is 410 g/mol. The Hall–Kier alpha value is -2.13. The van der Waals surface area contributed by atoms with Crippen LogP contribution in [-0.2, 0) is 19.9 Å². The smallest absolute Gasteiger partial charge is 0.262 e. The highest BCUT2D eigenvalue weighted by Crippen LogP contribution is 2.30. The summed E-state index contributed by atoms with van der Waals surface area (Å²) >= 11 is 0. The normalized spacial score (nSPS) is 15.9. The number of anilines is 2. The molecule has 0 radical (unpaired) electrons. The fraction of sp³-hybridized carbons (Fsp3) is 0.450. The number of nitrogens with one attached hydrogen (secondary N) is 1. The highest BCUT2D eigenvalue weighted by Gasteiger charge is 2.31. The molecule has 1 aliphatic rings. The van der Waals surface area contributed by atoms with Gasteiger partial charge >= 0.3 is 0 Å². The number of hydrogen-bond acceptors (Lipinski definition) is 6. The molecule has 9 heteroatoms. The second-order valence-corrected chi connectivity index (χ2v) is 12.5. The molecule has 0 amide bonds. The fourth-order valence-electron chi connectivity index (χ4n) is 3.23. The molecule has 3 rings (SSSR count). The van der Waals surface area contributed by atoms with Crippen LogP contribution < -0.4 is 9.62 Å². The summed E-state index contributed by atoms with van der Waals surface area (Å²) in [6.45, 7) is 6.58. The molecule has 1 aromatic heterocycles. The van der Waals surface area contributed by atoms with Crippen LogP contribution in [0.15, 0.2) is 52.5 Å². The Morgan fingerprint density at radius 3 is 2.07 bits per heavy atom. The third kappa shape index (κ3) is 4.56. The van der Waals surface area contributed by atoms with E-state index in [1.54, 1.807) is 27.0 Å². The van der Waals surface area contributed by atoms with Gasteiger partial charge in [-0.05, 0) is 70.4 Å². The van der Waals surface area contributed by atoms with E-state index in [9.17, 15) is 16.8 Å². The zero-order valence-electron chi connectivity index (χ0n) is 16.9. The van der Waals surface area contributed by atoms with Gasteiger partial charge in [-0.3, -0.25) is 9.71 Å². The third-order valence-electron chi connectivity index (χ3n) is 4.99. The molecule has 1 aromatic carbocycles. The highest BCUT2D eigenvalue weighted by molar-refractivity contribution is 7.93. The van der Waals surface area contributed by atoms with E-state index >= 15 is 0 Å². The van der Waals surface area contributed by atoms with Crippen LogP contribution in [0.5, 0.6) is 0 Å². The van der Waals surface area contributed by atoms with E-state index in [4.69, 9.17) is 0 Å². The zero-order valence-corrected chi connectivity index (χ0v) is 18.6. The van der Waals surface area contributed by atoms with Crippen molar-refractivity contribution in [2.24, 2.45) is 0 Å². The molecule has 0 aliphatic carbocycles. The van der Waals surface area contributed by atoms with Gasteiger partial charge in [-0.25, -0.2) is 16.8 Å². The maximum absolute atomic E-state index is 12.9. The zero-order chi connectivity index (χ0) is 21.3. The molecule has 2 heterocycles. The van der Waals surface area contributed by atoms with Crippen LogP contribution in [-0.4, -0.2) is 39.7 Å². The maximum atomic E-state index is 12.9. The van der Waals surface area contributed by atoms with Gasteiger partial charge in [-0.1, -0.05) is 0 Å². The quantitative estimate of drug-likeness (QED) is 0.770. The summed E-state index contributed by atoms with van der Waals surface area (Å²) in [4.78, 5) is 6.31. The summed E-state index contributed by atoms with van der Waals surface area (Å²) < 4.78 is 52.5. The van der Waals surface area contributed by atoms with Crippen LogP contribution in [0, 0.1) is 0 Å². The first-order valence-corrected chi connectivity index (χ1v) is 12.6. The molecule has 0 atom stereocenters. The lowest BCUT2D eigenvalue weighted by Gasteiger charge is -2.30. The Balaban J connectivity index is 1.88. The number of nitrogens with zero attached hydrogens (tertiary/aromatic N) is 2.